The smallest absolute Gasteiger partial charge is 0.406 e. The number of nitrogens with two attached hydrogens (primary N) is 1. The van der Waals surface area contributed by atoms with Gasteiger partial charge < -0.3 is 10.5 Å². The summed E-state index contributed by atoms with van der Waals surface area (Å²) >= 11 is 0. The van der Waals surface area contributed by atoms with Crippen LogP contribution >= 0.6 is 0 Å². The molecule has 1 aromatic rings. The fourth-order valence-electron chi connectivity index (χ4n) is 1.45. The number of benzene rings is 1. The largest absolute Gasteiger partial charge is 0.573 e. The summed E-state index contributed by atoms with van der Waals surface area (Å²) in [6.07, 6.45) is -4.04. The quantitative estimate of drug-likeness (QED) is 0.900. The lowest BCUT2D eigenvalue weighted by Crippen LogP contribution is -2.43. The molecule has 18 heavy (non-hydrogen) atoms. The molecule has 0 heterocycles. The minimum absolute atomic E-state index is 0.213. The van der Waals surface area contributed by atoms with E-state index in [0.717, 1.165) is 5.56 Å². The highest BCUT2D eigenvalue weighted by Gasteiger charge is 2.31. The Kier molecular flexibility index (Phi) is 4.27. The van der Waals surface area contributed by atoms with E-state index in [4.69, 9.17) is 5.73 Å². The van der Waals surface area contributed by atoms with Crippen LogP contribution in [0.3, 0.4) is 0 Å². The van der Waals surface area contributed by atoms with Crippen LogP contribution in [0.4, 0.5) is 13.2 Å². The number of rotatable bonds is 4. The first-order valence-corrected chi connectivity index (χ1v) is 5.74. The molecular formula is C13H18F3NO. The van der Waals surface area contributed by atoms with E-state index < -0.39 is 6.36 Å². The van der Waals surface area contributed by atoms with Gasteiger partial charge in [-0.15, -0.1) is 13.2 Å². The van der Waals surface area contributed by atoms with Crippen molar-refractivity contribution in [3.63, 3.8) is 0 Å². The molecule has 0 bridgehead atoms. The molecule has 0 amide bonds. The number of hydrogen-bond acceptors (Lipinski definition) is 2. The SMILES string of the molecule is CC(C)C(C)(N)Cc1ccc(OC(F)(F)F)cc1. The van der Waals surface area contributed by atoms with Gasteiger partial charge in [-0.2, -0.15) is 0 Å². The zero-order valence-electron chi connectivity index (χ0n) is 10.7. The van der Waals surface area contributed by atoms with Gasteiger partial charge in [-0.05, 0) is 37.0 Å². The minimum atomic E-state index is -4.65. The first-order chi connectivity index (χ1) is 8.10. The van der Waals surface area contributed by atoms with Crippen molar-refractivity contribution in [2.45, 2.75) is 39.1 Å². The summed E-state index contributed by atoms with van der Waals surface area (Å²) in [6.45, 7) is 5.96. The summed E-state index contributed by atoms with van der Waals surface area (Å²) in [5, 5.41) is 0. The summed E-state index contributed by atoms with van der Waals surface area (Å²) in [7, 11) is 0. The Morgan fingerprint density at radius 1 is 1.17 bits per heavy atom. The predicted molar refractivity (Wildman–Crippen MR) is 64.3 cm³/mol. The van der Waals surface area contributed by atoms with E-state index in [1.807, 2.05) is 20.8 Å². The molecule has 1 aromatic carbocycles. The first kappa shape index (κ1) is 14.8. The molecular weight excluding hydrogens is 243 g/mol. The molecule has 0 aliphatic carbocycles. The number of ether oxygens (including phenoxy) is 1. The van der Waals surface area contributed by atoms with Gasteiger partial charge in [-0.1, -0.05) is 26.0 Å². The lowest BCUT2D eigenvalue weighted by Gasteiger charge is -2.29. The first-order valence-electron chi connectivity index (χ1n) is 5.74. The molecule has 0 spiro atoms. The van der Waals surface area contributed by atoms with Gasteiger partial charge >= 0.3 is 6.36 Å². The maximum absolute atomic E-state index is 12.0. The van der Waals surface area contributed by atoms with E-state index in [1.54, 1.807) is 12.1 Å². The van der Waals surface area contributed by atoms with Gasteiger partial charge in [0.25, 0.3) is 0 Å². The molecule has 0 fully saturated rings. The van der Waals surface area contributed by atoms with Gasteiger partial charge in [0.05, 0.1) is 0 Å². The molecule has 0 saturated carbocycles. The average molecular weight is 261 g/mol. The van der Waals surface area contributed by atoms with Crippen molar-refractivity contribution in [1.82, 2.24) is 0 Å². The molecule has 2 nitrogen and oxygen atoms in total. The average Bonchev–Trinajstić information content (AvgIpc) is 2.18. The highest BCUT2D eigenvalue weighted by Crippen LogP contribution is 2.24. The van der Waals surface area contributed by atoms with E-state index in [1.165, 1.54) is 12.1 Å². The van der Waals surface area contributed by atoms with E-state index in [0.29, 0.717) is 6.42 Å². The summed E-state index contributed by atoms with van der Waals surface area (Å²) in [5.74, 6) is 0.0677. The van der Waals surface area contributed by atoms with Crippen molar-refractivity contribution in [3.8, 4) is 5.75 Å². The van der Waals surface area contributed by atoms with Crippen molar-refractivity contribution in [2.75, 3.05) is 0 Å². The number of halogens is 3. The van der Waals surface area contributed by atoms with Crippen molar-refractivity contribution < 1.29 is 17.9 Å². The second-order valence-electron chi connectivity index (χ2n) is 5.03. The third-order valence-corrected chi connectivity index (χ3v) is 3.06. The molecule has 1 atom stereocenters. The Morgan fingerprint density at radius 3 is 2.06 bits per heavy atom. The third kappa shape index (κ3) is 4.56. The Morgan fingerprint density at radius 2 is 1.67 bits per heavy atom. The fourth-order valence-corrected chi connectivity index (χ4v) is 1.45. The van der Waals surface area contributed by atoms with E-state index in [2.05, 4.69) is 4.74 Å². The number of alkyl halides is 3. The van der Waals surface area contributed by atoms with Crippen LogP contribution in [0.1, 0.15) is 26.3 Å². The fraction of sp³-hybridized carbons (Fsp3) is 0.538. The minimum Gasteiger partial charge on any atom is -0.406 e. The zero-order valence-corrected chi connectivity index (χ0v) is 10.7. The lowest BCUT2D eigenvalue weighted by molar-refractivity contribution is -0.274. The Balaban J connectivity index is 2.72. The molecule has 1 unspecified atom stereocenters. The summed E-state index contributed by atoms with van der Waals surface area (Å²) in [6, 6.07) is 5.82. The Labute approximate surface area is 105 Å². The monoisotopic (exact) mass is 261 g/mol. The van der Waals surface area contributed by atoms with Crippen molar-refractivity contribution in [3.05, 3.63) is 29.8 Å². The number of hydrogen-bond donors (Lipinski definition) is 1. The van der Waals surface area contributed by atoms with Gasteiger partial charge in [0.1, 0.15) is 5.75 Å². The summed E-state index contributed by atoms with van der Waals surface area (Å²) in [4.78, 5) is 0. The van der Waals surface area contributed by atoms with Crippen LogP contribution in [0.25, 0.3) is 0 Å². The van der Waals surface area contributed by atoms with Crippen LogP contribution in [-0.2, 0) is 6.42 Å². The molecule has 102 valence electrons. The van der Waals surface area contributed by atoms with Gasteiger partial charge in [0.15, 0.2) is 0 Å². The molecule has 0 aromatic heterocycles. The van der Waals surface area contributed by atoms with E-state index >= 15 is 0 Å². The second-order valence-corrected chi connectivity index (χ2v) is 5.03. The molecule has 2 N–H and O–H groups in total. The van der Waals surface area contributed by atoms with Crippen LogP contribution in [0.2, 0.25) is 0 Å². The molecule has 0 saturated heterocycles. The third-order valence-electron chi connectivity index (χ3n) is 3.06. The van der Waals surface area contributed by atoms with Gasteiger partial charge in [0, 0.05) is 5.54 Å². The van der Waals surface area contributed by atoms with Crippen LogP contribution in [-0.4, -0.2) is 11.9 Å². The van der Waals surface area contributed by atoms with Gasteiger partial charge in [-0.25, -0.2) is 0 Å². The van der Waals surface area contributed by atoms with Crippen molar-refractivity contribution >= 4 is 0 Å². The molecule has 0 radical (unpaired) electrons. The maximum Gasteiger partial charge on any atom is 0.573 e. The Hall–Kier alpha value is -1.23. The molecule has 1 rings (SSSR count). The maximum atomic E-state index is 12.0. The summed E-state index contributed by atoms with van der Waals surface area (Å²) < 4.78 is 39.7. The predicted octanol–water partition coefficient (Wildman–Crippen LogP) is 3.50. The normalized spacial score (nSPS) is 15.6. The highest BCUT2D eigenvalue weighted by atomic mass is 19.4. The molecule has 0 aliphatic rings. The molecule has 5 heteroatoms. The Bertz CT molecular complexity index is 382. The van der Waals surface area contributed by atoms with Crippen LogP contribution < -0.4 is 10.5 Å². The molecule has 0 aliphatic heterocycles. The van der Waals surface area contributed by atoms with Crippen LogP contribution in [0, 0.1) is 5.92 Å². The zero-order chi connectivity index (χ0) is 14.0. The van der Waals surface area contributed by atoms with Crippen LogP contribution in [0.5, 0.6) is 5.75 Å². The van der Waals surface area contributed by atoms with E-state index in [9.17, 15) is 13.2 Å². The van der Waals surface area contributed by atoms with Crippen LogP contribution in [0.15, 0.2) is 24.3 Å². The standard InChI is InChI=1S/C13H18F3NO/c1-9(2)12(3,17)8-10-4-6-11(7-5-10)18-13(14,15)16/h4-7,9H,8,17H2,1-3H3. The van der Waals surface area contributed by atoms with Crippen molar-refractivity contribution in [2.24, 2.45) is 11.7 Å². The van der Waals surface area contributed by atoms with Crippen molar-refractivity contribution in [1.29, 1.82) is 0 Å². The highest BCUT2D eigenvalue weighted by molar-refractivity contribution is 5.28. The van der Waals surface area contributed by atoms with Gasteiger partial charge in [-0.3, -0.25) is 0 Å². The summed E-state index contributed by atoms with van der Waals surface area (Å²) in [5.41, 5.74) is 6.63. The second kappa shape index (κ2) is 5.18. The topological polar surface area (TPSA) is 35.2 Å². The van der Waals surface area contributed by atoms with E-state index in [-0.39, 0.29) is 17.2 Å². The lowest BCUT2D eigenvalue weighted by atomic mass is 9.84. The van der Waals surface area contributed by atoms with Gasteiger partial charge in [0.2, 0.25) is 0 Å².